The maximum absolute atomic E-state index is 12.5. The van der Waals surface area contributed by atoms with Crippen LogP contribution >= 0.6 is 11.3 Å². The van der Waals surface area contributed by atoms with Gasteiger partial charge >= 0.3 is 0 Å². The molecule has 0 aliphatic rings. The van der Waals surface area contributed by atoms with E-state index in [-0.39, 0.29) is 11.9 Å². The fourth-order valence-electron chi connectivity index (χ4n) is 1.88. The summed E-state index contributed by atoms with van der Waals surface area (Å²) in [6.45, 7) is 6.59. The summed E-state index contributed by atoms with van der Waals surface area (Å²) in [5.41, 5.74) is 1.68. The molecule has 0 spiro atoms. The first kappa shape index (κ1) is 13.7. The molecule has 0 aliphatic carbocycles. The molecule has 0 unspecified atom stereocenters. The Morgan fingerprint density at radius 1 is 1.32 bits per heavy atom. The summed E-state index contributed by atoms with van der Waals surface area (Å²) < 4.78 is 0. The number of benzene rings is 1. The largest absolute Gasteiger partial charge is 0.331 e. The van der Waals surface area contributed by atoms with Crippen LogP contribution in [0.3, 0.4) is 0 Å². The summed E-state index contributed by atoms with van der Waals surface area (Å²) in [5.74, 6) is 0.00297. The molecule has 0 fully saturated rings. The van der Waals surface area contributed by atoms with Gasteiger partial charge in [-0.25, -0.2) is 4.98 Å². The first-order valence-electron chi connectivity index (χ1n) is 6.35. The van der Waals surface area contributed by atoms with E-state index in [1.165, 1.54) is 11.3 Å². The third-order valence-electron chi connectivity index (χ3n) is 2.92. The van der Waals surface area contributed by atoms with Crippen molar-refractivity contribution >= 4 is 17.2 Å². The number of thiazole rings is 1. The number of hydrogen-bond donors (Lipinski definition) is 0. The van der Waals surface area contributed by atoms with Gasteiger partial charge in [-0.1, -0.05) is 30.3 Å². The van der Waals surface area contributed by atoms with Crippen LogP contribution in [0.15, 0.2) is 35.7 Å². The molecule has 0 bridgehead atoms. The second kappa shape index (κ2) is 5.97. The average molecular weight is 274 g/mol. The predicted octanol–water partition coefficient (Wildman–Crippen LogP) is 3.50. The zero-order valence-electron chi connectivity index (χ0n) is 11.5. The van der Waals surface area contributed by atoms with Crippen molar-refractivity contribution in [3.63, 3.8) is 0 Å². The topological polar surface area (TPSA) is 33.2 Å². The molecule has 2 rings (SSSR count). The Morgan fingerprint density at radius 2 is 2.00 bits per heavy atom. The van der Waals surface area contributed by atoms with Crippen LogP contribution in [0.25, 0.3) is 0 Å². The molecule has 0 N–H and O–H groups in total. The number of carbonyl (C=O) groups is 1. The number of rotatable bonds is 4. The van der Waals surface area contributed by atoms with Crippen LogP contribution in [0.4, 0.5) is 0 Å². The van der Waals surface area contributed by atoms with Gasteiger partial charge in [-0.3, -0.25) is 4.79 Å². The number of carbonyl (C=O) groups excluding carboxylic acids is 1. The smallest absolute Gasteiger partial charge is 0.273 e. The number of aryl methyl sites for hydroxylation is 1. The van der Waals surface area contributed by atoms with Crippen LogP contribution in [-0.2, 0) is 6.54 Å². The van der Waals surface area contributed by atoms with Gasteiger partial charge in [-0.05, 0) is 26.3 Å². The standard InChI is InChI=1S/C15H18N2OS/c1-11(2)17(9-13-7-5-4-6-8-13)15(18)14-10-19-12(3)16-14/h4-8,10-11H,9H2,1-3H3. The minimum atomic E-state index is 0.00297. The molecule has 1 heterocycles. The number of nitrogens with zero attached hydrogens (tertiary/aromatic N) is 2. The van der Waals surface area contributed by atoms with E-state index in [0.29, 0.717) is 12.2 Å². The first-order valence-corrected chi connectivity index (χ1v) is 7.23. The molecule has 1 amide bonds. The van der Waals surface area contributed by atoms with E-state index in [2.05, 4.69) is 4.98 Å². The molecule has 0 saturated carbocycles. The van der Waals surface area contributed by atoms with Gasteiger partial charge < -0.3 is 4.90 Å². The monoisotopic (exact) mass is 274 g/mol. The average Bonchev–Trinajstić information content (AvgIpc) is 2.83. The van der Waals surface area contributed by atoms with Crippen molar-refractivity contribution in [2.45, 2.75) is 33.4 Å². The quantitative estimate of drug-likeness (QED) is 0.855. The van der Waals surface area contributed by atoms with Crippen LogP contribution < -0.4 is 0 Å². The van der Waals surface area contributed by atoms with Gasteiger partial charge in [0.15, 0.2) is 0 Å². The lowest BCUT2D eigenvalue weighted by Gasteiger charge is -2.26. The van der Waals surface area contributed by atoms with Crippen molar-refractivity contribution in [3.8, 4) is 0 Å². The molecule has 19 heavy (non-hydrogen) atoms. The highest BCUT2D eigenvalue weighted by molar-refractivity contribution is 7.09. The van der Waals surface area contributed by atoms with E-state index < -0.39 is 0 Å². The first-order chi connectivity index (χ1) is 9.08. The number of aromatic nitrogens is 1. The molecule has 3 nitrogen and oxygen atoms in total. The van der Waals surface area contributed by atoms with E-state index in [0.717, 1.165) is 10.6 Å². The lowest BCUT2D eigenvalue weighted by Crippen LogP contribution is -2.36. The molecule has 100 valence electrons. The van der Waals surface area contributed by atoms with Gasteiger partial charge in [0.2, 0.25) is 0 Å². The minimum Gasteiger partial charge on any atom is -0.331 e. The fourth-order valence-corrected chi connectivity index (χ4v) is 2.46. The van der Waals surface area contributed by atoms with E-state index in [9.17, 15) is 4.79 Å². The van der Waals surface area contributed by atoms with Crippen molar-refractivity contribution in [2.75, 3.05) is 0 Å². The Hall–Kier alpha value is -1.68. The molecule has 2 aromatic rings. The summed E-state index contributed by atoms with van der Waals surface area (Å²) in [6.07, 6.45) is 0. The lowest BCUT2D eigenvalue weighted by molar-refractivity contribution is 0.0685. The molecule has 0 atom stereocenters. The molecule has 4 heteroatoms. The molecule has 1 aromatic heterocycles. The Morgan fingerprint density at radius 3 is 2.53 bits per heavy atom. The van der Waals surface area contributed by atoms with Crippen molar-refractivity contribution in [2.24, 2.45) is 0 Å². The third-order valence-corrected chi connectivity index (χ3v) is 3.69. The normalized spacial score (nSPS) is 10.7. The number of hydrogen-bond acceptors (Lipinski definition) is 3. The van der Waals surface area contributed by atoms with Gasteiger partial charge in [0, 0.05) is 18.0 Å². The second-order valence-corrected chi connectivity index (χ2v) is 5.83. The Bertz CT molecular complexity index is 548. The summed E-state index contributed by atoms with van der Waals surface area (Å²) in [7, 11) is 0. The van der Waals surface area contributed by atoms with E-state index in [1.54, 1.807) is 0 Å². The minimum absolute atomic E-state index is 0.00297. The van der Waals surface area contributed by atoms with Crippen molar-refractivity contribution in [1.29, 1.82) is 0 Å². The summed E-state index contributed by atoms with van der Waals surface area (Å²) >= 11 is 1.51. The zero-order valence-corrected chi connectivity index (χ0v) is 12.3. The fraction of sp³-hybridized carbons (Fsp3) is 0.333. The summed E-state index contributed by atoms with van der Waals surface area (Å²) in [6, 6.07) is 10.2. The van der Waals surface area contributed by atoms with Crippen LogP contribution in [0.1, 0.15) is 34.9 Å². The SMILES string of the molecule is Cc1nc(C(=O)N(Cc2ccccc2)C(C)C)cs1. The van der Waals surface area contributed by atoms with Crippen molar-refractivity contribution in [1.82, 2.24) is 9.88 Å². The third kappa shape index (κ3) is 3.41. The maximum Gasteiger partial charge on any atom is 0.273 e. The molecular formula is C15H18N2OS. The van der Waals surface area contributed by atoms with Gasteiger partial charge in [0.1, 0.15) is 5.69 Å². The van der Waals surface area contributed by atoms with Crippen LogP contribution in [-0.4, -0.2) is 21.8 Å². The Balaban J connectivity index is 2.19. The Kier molecular flexibility index (Phi) is 4.32. The van der Waals surface area contributed by atoms with E-state index >= 15 is 0 Å². The van der Waals surface area contributed by atoms with E-state index in [1.807, 2.05) is 61.4 Å². The van der Waals surface area contributed by atoms with Gasteiger partial charge in [0.25, 0.3) is 5.91 Å². The van der Waals surface area contributed by atoms with Gasteiger partial charge in [-0.2, -0.15) is 0 Å². The highest BCUT2D eigenvalue weighted by Crippen LogP contribution is 2.15. The van der Waals surface area contributed by atoms with Gasteiger partial charge in [-0.15, -0.1) is 11.3 Å². The Labute approximate surface area is 117 Å². The van der Waals surface area contributed by atoms with Crippen molar-refractivity contribution < 1.29 is 4.79 Å². The highest BCUT2D eigenvalue weighted by Gasteiger charge is 2.20. The van der Waals surface area contributed by atoms with E-state index in [4.69, 9.17) is 0 Å². The second-order valence-electron chi connectivity index (χ2n) is 4.76. The molecule has 0 aliphatic heterocycles. The molecular weight excluding hydrogens is 256 g/mol. The van der Waals surface area contributed by atoms with Crippen LogP contribution in [0, 0.1) is 6.92 Å². The van der Waals surface area contributed by atoms with Gasteiger partial charge in [0.05, 0.1) is 5.01 Å². The summed E-state index contributed by atoms with van der Waals surface area (Å²) in [5, 5.41) is 2.75. The van der Waals surface area contributed by atoms with Crippen LogP contribution in [0.2, 0.25) is 0 Å². The van der Waals surface area contributed by atoms with Crippen LogP contribution in [0.5, 0.6) is 0 Å². The summed E-state index contributed by atoms with van der Waals surface area (Å²) in [4.78, 5) is 18.6. The zero-order chi connectivity index (χ0) is 13.8. The molecule has 0 radical (unpaired) electrons. The molecule has 0 saturated heterocycles. The van der Waals surface area contributed by atoms with Crippen molar-refractivity contribution in [3.05, 3.63) is 52.0 Å². The lowest BCUT2D eigenvalue weighted by atomic mass is 10.2. The highest BCUT2D eigenvalue weighted by atomic mass is 32.1. The number of amides is 1. The maximum atomic E-state index is 12.5. The molecule has 1 aromatic carbocycles. The predicted molar refractivity (Wildman–Crippen MR) is 78.3 cm³/mol.